The van der Waals surface area contributed by atoms with Gasteiger partial charge in [-0.2, -0.15) is 0 Å². The van der Waals surface area contributed by atoms with Gasteiger partial charge >= 0.3 is 0 Å². The van der Waals surface area contributed by atoms with Crippen molar-refractivity contribution >= 4 is 21.4 Å². The zero-order valence-corrected chi connectivity index (χ0v) is 9.85. The van der Waals surface area contributed by atoms with Gasteiger partial charge in [-0.25, -0.2) is 4.39 Å². The van der Waals surface area contributed by atoms with Crippen molar-refractivity contribution in [2.24, 2.45) is 0 Å². The molecule has 1 unspecified atom stereocenters. The minimum atomic E-state index is -0.197. The van der Waals surface area contributed by atoms with Crippen molar-refractivity contribution in [3.63, 3.8) is 0 Å². The Morgan fingerprint density at radius 2 is 2.25 bits per heavy atom. The SMILES string of the molecule is CC(CO)NCc1cc2ccc(F)cc2s1. The van der Waals surface area contributed by atoms with Gasteiger partial charge < -0.3 is 10.4 Å². The van der Waals surface area contributed by atoms with Crippen LogP contribution in [-0.4, -0.2) is 17.8 Å². The molecule has 2 nitrogen and oxygen atoms in total. The normalized spacial score (nSPS) is 13.2. The highest BCUT2D eigenvalue weighted by Gasteiger charge is 2.04. The highest BCUT2D eigenvalue weighted by Crippen LogP contribution is 2.26. The van der Waals surface area contributed by atoms with E-state index >= 15 is 0 Å². The average Bonchev–Trinajstić information content (AvgIpc) is 2.67. The molecule has 2 aromatic rings. The Balaban J connectivity index is 2.13. The zero-order valence-electron chi connectivity index (χ0n) is 9.03. The first-order valence-electron chi connectivity index (χ1n) is 5.21. The van der Waals surface area contributed by atoms with Crippen LogP contribution in [0, 0.1) is 5.82 Å². The van der Waals surface area contributed by atoms with E-state index in [1.807, 2.05) is 6.92 Å². The Labute approximate surface area is 97.7 Å². The summed E-state index contributed by atoms with van der Waals surface area (Å²) in [6, 6.07) is 6.96. The summed E-state index contributed by atoms with van der Waals surface area (Å²) in [5.74, 6) is -0.197. The summed E-state index contributed by atoms with van der Waals surface area (Å²) < 4.78 is 13.9. The van der Waals surface area contributed by atoms with Crippen LogP contribution in [0.1, 0.15) is 11.8 Å². The first-order valence-corrected chi connectivity index (χ1v) is 6.03. The van der Waals surface area contributed by atoms with Gasteiger partial charge in [-0.05, 0) is 30.5 Å². The molecule has 0 aliphatic heterocycles. The number of fused-ring (bicyclic) bond motifs is 1. The van der Waals surface area contributed by atoms with Crippen molar-refractivity contribution in [1.82, 2.24) is 5.32 Å². The van der Waals surface area contributed by atoms with E-state index in [1.54, 1.807) is 23.5 Å². The van der Waals surface area contributed by atoms with E-state index in [2.05, 4.69) is 11.4 Å². The Kier molecular flexibility index (Phi) is 3.53. The Bertz CT molecular complexity index is 483. The van der Waals surface area contributed by atoms with Crippen LogP contribution in [0.2, 0.25) is 0 Å². The summed E-state index contributed by atoms with van der Waals surface area (Å²) in [6.07, 6.45) is 0. The molecule has 0 saturated heterocycles. The topological polar surface area (TPSA) is 32.3 Å². The van der Waals surface area contributed by atoms with Crippen molar-refractivity contribution in [2.75, 3.05) is 6.61 Å². The molecular weight excluding hydrogens is 225 g/mol. The van der Waals surface area contributed by atoms with Crippen molar-refractivity contribution < 1.29 is 9.50 Å². The van der Waals surface area contributed by atoms with Crippen LogP contribution < -0.4 is 5.32 Å². The van der Waals surface area contributed by atoms with E-state index < -0.39 is 0 Å². The molecule has 1 aromatic carbocycles. The predicted molar refractivity (Wildman–Crippen MR) is 65.2 cm³/mol. The lowest BCUT2D eigenvalue weighted by Gasteiger charge is -2.08. The van der Waals surface area contributed by atoms with E-state index in [0.717, 1.165) is 15.0 Å². The third-order valence-electron chi connectivity index (χ3n) is 2.43. The zero-order chi connectivity index (χ0) is 11.5. The quantitative estimate of drug-likeness (QED) is 0.859. The van der Waals surface area contributed by atoms with Crippen LogP contribution in [-0.2, 0) is 6.54 Å². The van der Waals surface area contributed by atoms with E-state index in [-0.39, 0.29) is 18.5 Å². The minimum Gasteiger partial charge on any atom is -0.395 e. The van der Waals surface area contributed by atoms with Gasteiger partial charge in [0.1, 0.15) is 5.82 Å². The molecule has 1 atom stereocenters. The molecule has 4 heteroatoms. The fourth-order valence-electron chi connectivity index (χ4n) is 1.49. The van der Waals surface area contributed by atoms with Gasteiger partial charge in [0.2, 0.25) is 0 Å². The molecule has 0 spiro atoms. The molecule has 1 heterocycles. The average molecular weight is 239 g/mol. The predicted octanol–water partition coefficient (Wildman–Crippen LogP) is 2.51. The minimum absolute atomic E-state index is 0.0851. The summed E-state index contributed by atoms with van der Waals surface area (Å²) >= 11 is 1.58. The highest BCUT2D eigenvalue weighted by molar-refractivity contribution is 7.19. The fraction of sp³-hybridized carbons (Fsp3) is 0.333. The number of nitrogens with one attached hydrogen (secondary N) is 1. The smallest absolute Gasteiger partial charge is 0.124 e. The maximum absolute atomic E-state index is 13.0. The molecule has 0 bridgehead atoms. The van der Waals surface area contributed by atoms with Crippen LogP contribution in [0.25, 0.3) is 10.1 Å². The van der Waals surface area contributed by atoms with Crippen LogP contribution in [0.4, 0.5) is 4.39 Å². The van der Waals surface area contributed by atoms with E-state index in [9.17, 15) is 4.39 Å². The lowest BCUT2D eigenvalue weighted by Crippen LogP contribution is -2.28. The Morgan fingerprint density at radius 1 is 1.44 bits per heavy atom. The largest absolute Gasteiger partial charge is 0.395 e. The number of benzene rings is 1. The lowest BCUT2D eigenvalue weighted by molar-refractivity contribution is 0.251. The van der Waals surface area contributed by atoms with Gasteiger partial charge in [0.05, 0.1) is 6.61 Å². The van der Waals surface area contributed by atoms with Gasteiger partial charge in [0.15, 0.2) is 0 Å². The maximum Gasteiger partial charge on any atom is 0.124 e. The van der Waals surface area contributed by atoms with Crippen molar-refractivity contribution in [3.05, 3.63) is 35.0 Å². The number of aliphatic hydroxyl groups is 1. The van der Waals surface area contributed by atoms with Gasteiger partial charge in [-0.1, -0.05) is 6.07 Å². The third-order valence-corrected chi connectivity index (χ3v) is 3.53. The van der Waals surface area contributed by atoms with Gasteiger partial charge in [-0.15, -0.1) is 11.3 Å². The number of hydrogen-bond acceptors (Lipinski definition) is 3. The fourth-order valence-corrected chi connectivity index (χ4v) is 2.53. The van der Waals surface area contributed by atoms with Crippen LogP contribution >= 0.6 is 11.3 Å². The summed E-state index contributed by atoms with van der Waals surface area (Å²) in [5, 5.41) is 13.1. The second-order valence-corrected chi connectivity index (χ2v) is 5.03. The number of rotatable bonds is 4. The molecule has 0 aliphatic rings. The van der Waals surface area contributed by atoms with Crippen LogP contribution in [0.3, 0.4) is 0 Å². The number of thiophene rings is 1. The second-order valence-electron chi connectivity index (χ2n) is 3.86. The Hall–Kier alpha value is -0.970. The number of aliphatic hydroxyl groups excluding tert-OH is 1. The van der Waals surface area contributed by atoms with Crippen LogP contribution in [0.15, 0.2) is 24.3 Å². The van der Waals surface area contributed by atoms with E-state index in [0.29, 0.717) is 6.54 Å². The summed E-state index contributed by atoms with van der Waals surface area (Å²) in [5.41, 5.74) is 0. The van der Waals surface area contributed by atoms with Gasteiger partial charge in [0.25, 0.3) is 0 Å². The molecule has 2 N–H and O–H groups in total. The molecule has 2 rings (SSSR count). The van der Waals surface area contributed by atoms with Gasteiger partial charge in [0, 0.05) is 22.2 Å². The summed E-state index contributed by atoms with van der Waals surface area (Å²) in [6.45, 7) is 2.76. The molecule has 0 aliphatic carbocycles. The molecule has 0 fully saturated rings. The molecule has 0 amide bonds. The standard InChI is InChI=1S/C12H14FNOS/c1-8(7-15)14-6-11-4-9-2-3-10(13)5-12(9)16-11/h2-5,8,14-15H,6-7H2,1H3. The highest BCUT2D eigenvalue weighted by atomic mass is 32.1. The van der Waals surface area contributed by atoms with Gasteiger partial charge in [-0.3, -0.25) is 0 Å². The van der Waals surface area contributed by atoms with Crippen molar-refractivity contribution in [1.29, 1.82) is 0 Å². The molecular formula is C12H14FNOS. The maximum atomic E-state index is 13.0. The third kappa shape index (κ3) is 2.58. The first kappa shape index (κ1) is 11.5. The molecule has 86 valence electrons. The van der Waals surface area contributed by atoms with Crippen molar-refractivity contribution in [3.8, 4) is 0 Å². The molecule has 16 heavy (non-hydrogen) atoms. The van der Waals surface area contributed by atoms with Crippen molar-refractivity contribution in [2.45, 2.75) is 19.5 Å². The second kappa shape index (κ2) is 4.91. The Morgan fingerprint density at radius 3 is 3.00 bits per heavy atom. The number of hydrogen-bond donors (Lipinski definition) is 2. The number of halogens is 1. The molecule has 1 aromatic heterocycles. The molecule has 0 radical (unpaired) electrons. The molecule has 0 saturated carbocycles. The van der Waals surface area contributed by atoms with E-state index in [4.69, 9.17) is 5.11 Å². The van der Waals surface area contributed by atoms with Crippen LogP contribution in [0.5, 0.6) is 0 Å². The first-order chi connectivity index (χ1) is 7.69. The summed E-state index contributed by atoms with van der Waals surface area (Å²) in [7, 11) is 0. The summed E-state index contributed by atoms with van der Waals surface area (Å²) in [4.78, 5) is 1.15. The monoisotopic (exact) mass is 239 g/mol. The van der Waals surface area contributed by atoms with E-state index in [1.165, 1.54) is 6.07 Å². The lowest BCUT2D eigenvalue weighted by atomic mass is 10.2.